The number of aromatic nitrogens is 4. The molecule has 3 heterocycles. The molecular formula is C17H27N7O. The zero-order chi connectivity index (χ0) is 17.5. The van der Waals surface area contributed by atoms with Gasteiger partial charge in [0.2, 0.25) is 0 Å². The van der Waals surface area contributed by atoms with Crippen LogP contribution in [0.4, 0.5) is 10.6 Å². The van der Waals surface area contributed by atoms with Crippen LogP contribution < -0.4 is 10.6 Å². The number of amides is 2. The first kappa shape index (κ1) is 17.6. The van der Waals surface area contributed by atoms with Gasteiger partial charge in [0.25, 0.3) is 0 Å². The Bertz CT molecular complexity index is 693. The topological polar surface area (TPSA) is 88.0 Å². The molecule has 2 amide bonds. The summed E-state index contributed by atoms with van der Waals surface area (Å²) in [5.41, 5.74) is 0.763. The van der Waals surface area contributed by atoms with E-state index < -0.39 is 0 Å². The van der Waals surface area contributed by atoms with Gasteiger partial charge in [-0.1, -0.05) is 13.3 Å². The van der Waals surface area contributed by atoms with Crippen LogP contribution in [-0.2, 0) is 6.54 Å². The van der Waals surface area contributed by atoms with Crippen LogP contribution in [0.3, 0.4) is 0 Å². The standard InChI is InChI=1S/C17H27N7O/c1-2-7-18-17(25)22-15-14-12-21-24(16(14)20-13-19-15)11-6-10-23-8-4-3-5-9-23/h12-13H,2-11H2,1H3,(H2,18,19,20,22,25). The average molecular weight is 345 g/mol. The number of nitrogens with zero attached hydrogens (tertiary/aromatic N) is 5. The van der Waals surface area contributed by atoms with E-state index in [0.29, 0.717) is 12.4 Å². The lowest BCUT2D eigenvalue weighted by Crippen LogP contribution is -2.31. The molecule has 2 aromatic rings. The van der Waals surface area contributed by atoms with Crippen molar-refractivity contribution < 1.29 is 4.79 Å². The summed E-state index contributed by atoms with van der Waals surface area (Å²) in [6, 6.07) is -0.250. The largest absolute Gasteiger partial charge is 0.338 e. The highest BCUT2D eigenvalue weighted by molar-refractivity contribution is 5.97. The van der Waals surface area contributed by atoms with Gasteiger partial charge in [0.1, 0.15) is 12.1 Å². The minimum atomic E-state index is -0.250. The number of carbonyl (C=O) groups is 1. The number of aryl methyl sites for hydroxylation is 1. The highest BCUT2D eigenvalue weighted by Gasteiger charge is 2.13. The van der Waals surface area contributed by atoms with E-state index in [0.717, 1.165) is 37.0 Å². The molecule has 8 nitrogen and oxygen atoms in total. The Morgan fingerprint density at radius 1 is 1.20 bits per heavy atom. The second kappa shape index (κ2) is 8.75. The fourth-order valence-electron chi connectivity index (χ4n) is 3.17. The molecule has 25 heavy (non-hydrogen) atoms. The SMILES string of the molecule is CCCNC(=O)Nc1ncnc2c1cnn2CCCN1CCCCC1. The fourth-order valence-corrected chi connectivity index (χ4v) is 3.17. The van der Waals surface area contributed by atoms with Gasteiger partial charge in [-0.2, -0.15) is 5.10 Å². The lowest BCUT2D eigenvalue weighted by Gasteiger charge is -2.26. The van der Waals surface area contributed by atoms with Crippen LogP contribution in [0.25, 0.3) is 11.0 Å². The Morgan fingerprint density at radius 3 is 2.84 bits per heavy atom. The zero-order valence-corrected chi connectivity index (χ0v) is 14.9. The van der Waals surface area contributed by atoms with Crippen molar-refractivity contribution in [3.63, 3.8) is 0 Å². The number of hydrogen-bond acceptors (Lipinski definition) is 5. The smallest absolute Gasteiger partial charge is 0.320 e. The van der Waals surface area contributed by atoms with Crippen molar-refractivity contribution in [2.75, 3.05) is 31.5 Å². The van der Waals surface area contributed by atoms with Gasteiger partial charge in [-0.05, 0) is 45.3 Å². The average Bonchev–Trinajstić information content (AvgIpc) is 3.05. The van der Waals surface area contributed by atoms with Crippen LogP contribution in [0.1, 0.15) is 39.0 Å². The van der Waals surface area contributed by atoms with E-state index in [1.807, 2.05) is 11.6 Å². The molecule has 2 N–H and O–H groups in total. The minimum absolute atomic E-state index is 0.250. The predicted octanol–water partition coefficient (Wildman–Crippen LogP) is 2.23. The molecule has 0 saturated carbocycles. The van der Waals surface area contributed by atoms with Gasteiger partial charge in [0, 0.05) is 13.1 Å². The van der Waals surface area contributed by atoms with Crippen molar-refractivity contribution in [3.05, 3.63) is 12.5 Å². The fraction of sp³-hybridized carbons (Fsp3) is 0.647. The molecule has 3 rings (SSSR count). The van der Waals surface area contributed by atoms with Crippen LogP contribution in [0.5, 0.6) is 0 Å². The Kier molecular flexibility index (Phi) is 6.16. The van der Waals surface area contributed by atoms with E-state index in [-0.39, 0.29) is 6.03 Å². The molecule has 8 heteroatoms. The summed E-state index contributed by atoms with van der Waals surface area (Å²) < 4.78 is 1.90. The van der Waals surface area contributed by atoms with Crippen molar-refractivity contribution >= 4 is 22.9 Å². The highest BCUT2D eigenvalue weighted by atomic mass is 16.2. The molecule has 1 fully saturated rings. The third-order valence-electron chi connectivity index (χ3n) is 4.49. The number of nitrogens with one attached hydrogen (secondary N) is 2. The van der Waals surface area contributed by atoms with Gasteiger partial charge in [0.05, 0.1) is 11.6 Å². The van der Waals surface area contributed by atoms with E-state index in [2.05, 4.69) is 30.6 Å². The van der Waals surface area contributed by atoms with E-state index in [1.165, 1.54) is 38.7 Å². The molecule has 0 bridgehead atoms. The van der Waals surface area contributed by atoms with Gasteiger partial charge >= 0.3 is 6.03 Å². The zero-order valence-electron chi connectivity index (χ0n) is 14.9. The third-order valence-corrected chi connectivity index (χ3v) is 4.49. The maximum absolute atomic E-state index is 11.9. The molecule has 1 aliphatic heterocycles. The van der Waals surface area contributed by atoms with E-state index in [4.69, 9.17) is 0 Å². The maximum atomic E-state index is 11.9. The molecule has 0 aliphatic carbocycles. The number of fused-ring (bicyclic) bond motifs is 1. The molecule has 0 spiro atoms. The number of hydrogen-bond donors (Lipinski definition) is 2. The molecule has 0 aromatic carbocycles. The van der Waals surface area contributed by atoms with Gasteiger partial charge in [0.15, 0.2) is 5.65 Å². The number of likely N-dealkylation sites (tertiary alicyclic amines) is 1. The Morgan fingerprint density at radius 2 is 2.04 bits per heavy atom. The molecule has 0 unspecified atom stereocenters. The summed E-state index contributed by atoms with van der Waals surface area (Å²) >= 11 is 0. The van der Waals surface area contributed by atoms with Gasteiger partial charge < -0.3 is 10.2 Å². The Hall–Kier alpha value is -2.22. The number of anilines is 1. The summed E-state index contributed by atoms with van der Waals surface area (Å²) in [4.78, 5) is 22.9. The van der Waals surface area contributed by atoms with Crippen LogP contribution in [-0.4, -0.2) is 56.9 Å². The second-order valence-corrected chi connectivity index (χ2v) is 6.46. The molecule has 1 aliphatic rings. The van der Waals surface area contributed by atoms with Crippen LogP contribution in [0, 0.1) is 0 Å². The molecule has 0 atom stereocenters. The van der Waals surface area contributed by atoms with Gasteiger partial charge in [-0.25, -0.2) is 19.4 Å². The number of piperidine rings is 1. The predicted molar refractivity (Wildman–Crippen MR) is 97.5 cm³/mol. The van der Waals surface area contributed by atoms with E-state index in [9.17, 15) is 4.79 Å². The monoisotopic (exact) mass is 345 g/mol. The molecule has 1 saturated heterocycles. The molecule has 136 valence electrons. The molecule has 2 aromatic heterocycles. The normalized spacial score (nSPS) is 15.4. The Labute approximate surface area is 148 Å². The summed E-state index contributed by atoms with van der Waals surface area (Å²) in [6.07, 6.45) is 9.12. The van der Waals surface area contributed by atoms with Crippen molar-refractivity contribution in [3.8, 4) is 0 Å². The number of rotatable bonds is 7. The van der Waals surface area contributed by atoms with E-state index >= 15 is 0 Å². The summed E-state index contributed by atoms with van der Waals surface area (Å²) in [5.74, 6) is 0.501. The van der Waals surface area contributed by atoms with Gasteiger partial charge in [-0.3, -0.25) is 5.32 Å². The third kappa shape index (κ3) is 4.66. The van der Waals surface area contributed by atoms with Crippen LogP contribution in [0.15, 0.2) is 12.5 Å². The number of carbonyl (C=O) groups excluding carboxylic acids is 1. The number of urea groups is 1. The minimum Gasteiger partial charge on any atom is -0.338 e. The van der Waals surface area contributed by atoms with Gasteiger partial charge in [-0.15, -0.1) is 0 Å². The second-order valence-electron chi connectivity index (χ2n) is 6.46. The summed E-state index contributed by atoms with van der Waals surface area (Å²) in [7, 11) is 0. The first-order chi connectivity index (χ1) is 12.3. The Balaban J connectivity index is 1.60. The lowest BCUT2D eigenvalue weighted by molar-refractivity contribution is 0.222. The van der Waals surface area contributed by atoms with Crippen LogP contribution >= 0.6 is 0 Å². The highest BCUT2D eigenvalue weighted by Crippen LogP contribution is 2.19. The first-order valence-corrected chi connectivity index (χ1v) is 9.21. The van der Waals surface area contributed by atoms with Crippen molar-refractivity contribution in [2.45, 2.75) is 45.6 Å². The van der Waals surface area contributed by atoms with Crippen LogP contribution in [0.2, 0.25) is 0 Å². The maximum Gasteiger partial charge on any atom is 0.320 e. The summed E-state index contributed by atoms with van der Waals surface area (Å²) in [6.45, 7) is 6.98. The quantitative estimate of drug-likeness (QED) is 0.803. The first-order valence-electron chi connectivity index (χ1n) is 9.21. The molecular weight excluding hydrogens is 318 g/mol. The molecule has 0 radical (unpaired) electrons. The van der Waals surface area contributed by atoms with E-state index in [1.54, 1.807) is 6.20 Å². The van der Waals surface area contributed by atoms with Crippen molar-refractivity contribution in [1.29, 1.82) is 0 Å². The summed E-state index contributed by atoms with van der Waals surface area (Å²) in [5, 5.41) is 10.8. The van der Waals surface area contributed by atoms with Crippen molar-refractivity contribution in [2.24, 2.45) is 0 Å². The lowest BCUT2D eigenvalue weighted by atomic mass is 10.1. The van der Waals surface area contributed by atoms with Crippen molar-refractivity contribution in [1.82, 2.24) is 30.0 Å².